The summed E-state index contributed by atoms with van der Waals surface area (Å²) in [7, 11) is 1.38. The quantitative estimate of drug-likeness (QED) is 0.878. The lowest BCUT2D eigenvalue weighted by Crippen LogP contribution is -2.37. The normalized spacial score (nSPS) is 22.2. The van der Waals surface area contributed by atoms with Crippen molar-refractivity contribution < 1.29 is 13.5 Å². The molecule has 1 heterocycles. The predicted molar refractivity (Wildman–Crippen MR) is 62.4 cm³/mol. The Labute approximate surface area is 100.0 Å². The molecule has 94 valence electrons. The van der Waals surface area contributed by atoms with E-state index in [-0.39, 0.29) is 17.4 Å². The molecule has 1 aromatic rings. The van der Waals surface area contributed by atoms with E-state index in [9.17, 15) is 8.78 Å². The maximum atomic E-state index is 14.2. The summed E-state index contributed by atoms with van der Waals surface area (Å²) in [6.07, 6.45) is 1.48. The van der Waals surface area contributed by atoms with Crippen LogP contribution in [-0.2, 0) is 0 Å². The summed E-state index contributed by atoms with van der Waals surface area (Å²) in [5, 5.41) is 3.10. The summed E-state index contributed by atoms with van der Waals surface area (Å²) in [5.74, 6) is -0.490. The van der Waals surface area contributed by atoms with Crippen molar-refractivity contribution in [2.24, 2.45) is 0 Å². The van der Waals surface area contributed by atoms with E-state index < -0.39 is 12.0 Å². The van der Waals surface area contributed by atoms with E-state index in [1.165, 1.54) is 19.2 Å². The van der Waals surface area contributed by atoms with Gasteiger partial charge in [-0.3, -0.25) is 0 Å². The molecule has 0 spiro atoms. The van der Waals surface area contributed by atoms with Crippen molar-refractivity contribution in [2.75, 3.05) is 13.7 Å². The molecule has 4 heteroatoms. The van der Waals surface area contributed by atoms with Crippen LogP contribution in [0.3, 0.4) is 0 Å². The zero-order valence-electron chi connectivity index (χ0n) is 9.88. The van der Waals surface area contributed by atoms with Crippen molar-refractivity contribution in [3.63, 3.8) is 0 Å². The van der Waals surface area contributed by atoms with Crippen molar-refractivity contribution in [3.8, 4) is 5.75 Å². The minimum absolute atomic E-state index is 0.0868. The van der Waals surface area contributed by atoms with Crippen molar-refractivity contribution in [2.45, 2.75) is 31.5 Å². The monoisotopic (exact) mass is 241 g/mol. The number of hydrogen-bond acceptors (Lipinski definition) is 2. The van der Waals surface area contributed by atoms with E-state index in [0.717, 1.165) is 25.8 Å². The Kier molecular flexibility index (Phi) is 3.94. The lowest BCUT2D eigenvalue weighted by molar-refractivity contribution is 0.214. The maximum absolute atomic E-state index is 14.2. The second-order valence-electron chi connectivity index (χ2n) is 4.32. The zero-order valence-corrected chi connectivity index (χ0v) is 9.88. The molecule has 0 aliphatic carbocycles. The van der Waals surface area contributed by atoms with Gasteiger partial charge in [-0.1, -0.05) is 18.6 Å². The second kappa shape index (κ2) is 5.45. The van der Waals surface area contributed by atoms with E-state index in [2.05, 4.69) is 5.32 Å². The summed E-state index contributed by atoms with van der Waals surface area (Å²) in [5.41, 5.74) is 0.0868. The Balaban J connectivity index is 2.20. The van der Waals surface area contributed by atoms with Gasteiger partial charge in [-0.2, -0.15) is 0 Å². The van der Waals surface area contributed by atoms with Crippen LogP contribution in [0.4, 0.5) is 8.78 Å². The number of halogens is 2. The molecule has 1 fully saturated rings. The molecule has 1 aliphatic rings. The Morgan fingerprint density at radius 1 is 1.41 bits per heavy atom. The third kappa shape index (κ3) is 2.57. The molecule has 2 rings (SSSR count). The van der Waals surface area contributed by atoms with Gasteiger partial charge in [-0.05, 0) is 25.5 Å². The number of alkyl halides is 1. The standard InChI is InChI=1S/C13H17F2NO/c1-17-11-7-4-5-9(13(11)15)12(14)10-6-2-3-8-16-10/h4-5,7,10,12,16H,2-3,6,8H2,1H3. The van der Waals surface area contributed by atoms with Crippen LogP contribution in [0.15, 0.2) is 18.2 Å². The molecule has 1 aliphatic heterocycles. The van der Waals surface area contributed by atoms with Gasteiger partial charge in [0.1, 0.15) is 6.17 Å². The fourth-order valence-electron chi connectivity index (χ4n) is 2.24. The SMILES string of the molecule is COc1cccc(C(F)C2CCCCN2)c1F. The highest BCUT2D eigenvalue weighted by atomic mass is 19.1. The molecular weight excluding hydrogens is 224 g/mol. The van der Waals surface area contributed by atoms with Crippen molar-refractivity contribution in [1.29, 1.82) is 0 Å². The van der Waals surface area contributed by atoms with Gasteiger partial charge < -0.3 is 10.1 Å². The highest BCUT2D eigenvalue weighted by molar-refractivity contribution is 5.33. The van der Waals surface area contributed by atoms with E-state index in [1.54, 1.807) is 6.07 Å². The third-order valence-electron chi connectivity index (χ3n) is 3.21. The van der Waals surface area contributed by atoms with Crippen molar-refractivity contribution >= 4 is 0 Å². The van der Waals surface area contributed by atoms with Crippen LogP contribution in [0.2, 0.25) is 0 Å². The number of benzene rings is 1. The summed E-state index contributed by atoms with van der Waals surface area (Å²) < 4.78 is 33.0. The van der Waals surface area contributed by atoms with Crippen LogP contribution in [0.25, 0.3) is 0 Å². The number of piperidine rings is 1. The van der Waals surface area contributed by atoms with Crippen LogP contribution < -0.4 is 10.1 Å². The number of methoxy groups -OCH3 is 1. The van der Waals surface area contributed by atoms with Crippen LogP contribution >= 0.6 is 0 Å². The van der Waals surface area contributed by atoms with Gasteiger partial charge in [0.15, 0.2) is 11.6 Å². The first-order valence-corrected chi connectivity index (χ1v) is 5.94. The van der Waals surface area contributed by atoms with Gasteiger partial charge in [0.05, 0.1) is 7.11 Å². The van der Waals surface area contributed by atoms with Gasteiger partial charge in [0.25, 0.3) is 0 Å². The molecule has 1 N–H and O–H groups in total. The van der Waals surface area contributed by atoms with Crippen molar-refractivity contribution in [1.82, 2.24) is 5.32 Å². The summed E-state index contributed by atoms with van der Waals surface area (Å²) >= 11 is 0. The average Bonchev–Trinajstić information content (AvgIpc) is 2.39. The highest BCUT2D eigenvalue weighted by Crippen LogP contribution is 2.31. The fraction of sp³-hybridized carbons (Fsp3) is 0.538. The Hall–Kier alpha value is -1.16. The van der Waals surface area contributed by atoms with Gasteiger partial charge in [-0.15, -0.1) is 0 Å². The molecular formula is C13H17F2NO. The molecule has 2 nitrogen and oxygen atoms in total. The molecule has 2 unspecified atom stereocenters. The molecule has 0 amide bonds. The minimum atomic E-state index is -1.31. The first-order chi connectivity index (χ1) is 8.24. The number of ether oxygens (including phenoxy) is 1. The van der Waals surface area contributed by atoms with E-state index in [1.807, 2.05) is 0 Å². The smallest absolute Gasteiger partial charge is 0.171 e. The predicted octanol–water partition coefficient (Wildman–Crippen LogP) is 2.99. The molecule has 17 heavy (non-hydrogen) atoms. The number of rotatable bonds is 3. The van der Waals surface area contributed by atoms with Gasteiger partial charge in [-0.25, -0.2) is 8.78 Å². The highest BCUT2D eigenvalue weighted by Gasteiger charge is 2.27. The largest absolute Gasteiger partial charge is 0.494 e. The molecule has 0 saturated carbocycles. The summed E-state index contributed by atoms with van der Waals surface area (Å²) in [6.45, 7) is 0.802. The third-order valence-corrected chi connectivity index (χ3v) is 3.21. The molecule has 1 saturated heterocycles. The second-order valence-corrected chi connectivity index (χ2v) is 4.32. The molecule has 0 bridgehead atoms. The summed E-state index contributed by atoms with van der Waals surface area (Å²) in [4.78, 5) is 0. The van der Waals surface area contributed by atoms with E-state index in [4.69, 9.17) is 4.74 Å². The summed E-state index contributed by atoms with van der Waals surface area (Å²) in [6, 6.07) is 4.32. The molecule has 0 radical (unpaired) electrons. The molecule has 1 aromatic carbocycles. The topological polar surface area (TPSA) is 21.3 Å². The Morgan fingerprint density at radius 2 is 2.24 bits per heavy atom. The Bertz CT molecular complexity index is 378. The van der Waals surface area contributed by atoms with Crippen LogP contribution in [0.5, 0.6) is 5.75 Å². The number of nitrogens with one attached hydrogen (secondary N) is 1. The zero-order chi connectivity index (χ0) is 12.3. The van der Waals surface area contributed by atoms with E-state index in [0.29, 0.717) is 0 Å². The lowest BCUT2D eigenvalue weighted by atomic mass is 9.95. The average molecular weight is 241 g/mol. The van der Waals surface area contributed by atoms with Gasteiger partial charge >= 0.3 is 0 Å². The Morgan fingerprint density at radius 3 is 2.88 bits per heavy atom. The first-order valence-electron chi connectivity index (χ1n) is 5.94. The van der Waals surface area contributed by atoms with Crippen molar-refractivity contribution in [3.05, 3.63) is 29.6 Å². The first kappa shape index (κ1) is 12.3. The van der Waals surface area contributed by atoms with E-state index >= 15 is 0 Å². The van der Waals surface area contributed by atoms with Gasteiger partial charge in [0.2, 0.25) is 0 Å². The van der Waals surface area contributed by atoms with Crippen LogP contribution in [-0.4, -0.2) is 19.7 Å². The maximum Gasteiger partial charge on any atom is 0.171 e. The van der Waals surface area contributed by atoms with Gasteiger partial charge in [0, 0.05) is 11.6 Å². The fourth-order valence-corrected chi connectivity index (χ4v) is 2.24. The van der Waals surface area contributed by atoms with Crippen LogP contribution in [0.1, 0.15) is 31.0 Å². The molecule has 0 aromatic heterocycles. The van der Waals surface area contributed by atoms with Crippen LogP contribution in [0, 0.1) is 5.82 Å². The lowest BCUT2D eigenvalue weighted by Gasteiger charge is -2.27. The minimum Gasteiger partial charge on any atom is -0.494 e. The molecule has 2 atom stereocenters. The number of hydrogen-bond donors (Lipinski definition) is 1.